The minimum atomic E-state index is -0.202. The Morgan fingerprint density at radius 1 is 1.21 bits per heavy atom. The van der Waals surface area contributed by atoms with Crippen LogP contribution >= 0.6 is 0 Å². The van der Waals surface area contributed by atoms with Gasteiger partial charge in [0.1, 0.15) is 5.82 Å². The molecule has 1 atom stereocenters. The summed E-state index contributed by atoms with van der Waals surface area (Å²) in [5, 5.41) is 9.34. The molecule has 0 amide bonds. The molecule has 0 spiro atoms. The van der Waals surface area contributed by atoms with Crippen LogP contribution in [0.1, 0.15) is 25.8 Å². The molecule has 24 heavy (non-hydrogen) atoms. The highest BCUT2D eigenvalue weighted by molar-refractivity contribution is 5.48. The molecule has 3 nitrogen and oxygen atoms in total. The lowest BCUT2D eigenvalue weighted by atomic mass is 10.1. The first kappa shape index (κ1) is 18.8. The fraction of sp³-hybridized carbons (Fsp3) is 0.500. The first-order chi connectivity index (χ1) is 11.6. The smallest absolute Gasteiger partial charge is 0.123 e. The van der Waals surface area contributed by atoms with Crippen molar-refractivity contribution in [1.82, 2.24) is 9.80 Å². The number of benzene rings is 1. The summed E-state index contributed by atoms with van der Waals surface area (Å²) in [4.78, 5) is 4.88. The number of allylic oxidation sites excluding steroid dienone is 1. The van der Waals surface area contributed by atoms with Crippen molar-refractivity contribution in [3.63, 3.8) is 0 Å². The molecule has 0 radical (unpaired) electrons. The highest BCUT2D eigenvalue weighted by atomic mass is 19.1. The van der Waals surface area contributed by atoms with Crippen LogP contribution in [0.4, 0.5) is 4.39 Å². The van der Waals surface area contributed by atoms with Crippen LogP contribution in [0.2, 0.25) is 0 Å². The Morgan fingerprint density at radius 2 is 1.96 bits per heavy atom. The van der Waals surface area contributed by atoms with Crippen LogP contribution in [0.15, 0.2) is 42.0 Å². The molecule has 0 bridgehead atoms. The van der Waals surface area contributed by atoms with Gasteiger partial charge >= 0.3 is 0 Å². The predicted molar refractivity (Wildman–Crippen MR) is 98.4 cm³/mol. The first-order valence-electron chi connectivity index (χ1n) is 8.71. The fourth-order valence-corrected chi connectivity index (χ4v) is 3.00. The Kier molecular flexibility index (Phi) is 7.63. The minimum Gasteiger partial charge on any atom is -0.396 e. The van der Waals surface area contributed by atoms with E-state index in [1.807, 2.05) is 6.08 Å². The zero-order valence-electron chi connectivity index (χ0n) is 14.8. The summed E-state index contributed by atoms with van der Waals surface area (Å²) in [6.07, 6.45) is 7.24. The van der Waals surface area contributed by atoms with Crippen LogP contribution in [0.5, 0.6) is 0 Å². The number of rotatable bonds is 7. The molecule has 0 aromatic heterocycles. The van der Waals surface area contributed by atoms with E-state index in [1.165, 1.54) is 17.7 Å². The maximum Gasteiger partial charge on any atom is 0.123 e. The van der Waals surface area contributed by atoms with Crippen molar-refractivity contribution in [1.29, 1.82) is 0 Å². The van der Waals surface area contributed by atoms with E-state index in [0.29, 0.717) is 6.04 Å². The number of halogens is 1. The SMILES string of the molecule is CC(C)=CCN1CCN(C/C=C/c2ccc(F)cc2)CC1CCO. The second kappa shape index (κ2) is 9.72. The Bertz CT molecular complexity index is 549. The topological polar surface area (TPSA) is 26.7 Å². The predicted octanol–water partition coefficient (Wildman–Crippen LogP) is 3.17. The molecule has 132 valence electrons. The van der Waals surface area contributed by atoms with E-state index >= 15 is 0 Å². The average molecular weight is 332 g/mol. The number of piperazine rings is 1. The Morgan fingerprint density at radius 3 is 2.62 bits per heavy atom. The van der Waals surface area contributed by atoms with E-state index in [2.05, 4.69) is 35.8 Å². The fourth-order valence-electron chi connectivity index (χ4n) is 3.00. The van der Waals surface area contributed by atoms with E-state index in [1.54, 1.807) is 12.1 Å². The van der Waals surface area contributed by atoms with E-state index < -0.39 is 0 Å². The van der Waals surface area contributed by atoms with Gasteiger partial charge in [0.15, 0.2) is 0 Å². The van der Waals surface area contributed by atoms with Crippen molar-refractivity contribution in [2.75, 3.05) is 39.3 Å². The van der Waals surface area contributed by atoms with E-state index in [4.69, 9.17) is 0 Å². The Balaban J connectivity index is 1.86. The summed E-state index contributed by atoms with van der Waals surface area (Å²) >= 11 is 0. The highest BCUT2D eigenvalue weighted by Crippen LogP contribution is 2.14. The quantitative estimate of drug-likeness (QED) is 0.777. The molecule has 1 aromatic rings. The third-order valence-electron chi connectivity index (χ3n) is 4.43. The second-order valence-corrected chi connectivity index (χ2v) is 6.66. The number of hydrogen-bond donors (Lipinski definition) is 1. The van der Waals surface area contributed by atoms with Crippen LogP contribution < -0.4 is 0 Å². The molecule has 1 saturated heterocycles. The molecular formula is C20H29FN2O. The van der Waals surface area contributed by atoms with Gasteiger partial charge in [0.25, 0.3) is 0 Å². The van der Waals surface area contributed by atoms with Gasteiger partial charge in [-0.25, -0.2) is 4.39 Å². The third-order valence-corrected chi connectivity index (χ3v) is 4.43. The van der Waals surface area contributed by atoms with Gasteiger partial charge < -0.3 is 5.11 Å². The van der Waals surface area contributed by atoms with Crippen molar-refractivity contribution < 1.29 is 9.50 Å². The van der Waals surface area contributed by atoms with Crippen molar-refractivity contribution in [2.24, 2.45) is 0 Å². The molecule has 1 aromatic carbocycles. The normalized spacial score (nSPS) is 19.8. The minimum absolute atomic E-state index is 0.202. The largest absolute Gasteiger partial charge is 0.396 e. The summed E-state index contributed by atoms with van der Waals surface area (Å²) < 4.78 is 12.9. The van der Waals surface area contributed by atoms with Crippen LogP contribution in [-0.4, -0.2) is 60.3 Å². The van der Waals surface area contributed by atoms with Crippen molar-refractivity contribution in [3.05, 3.63) is 53.4 Å². The number of nitrogens with zero attached hydrogens (tertiary/aromatic N) is 2. The van der Waals surface area contributed by atoms with Crippen molar-refractivity contribution in [3.8, 4) is 0 Å². The van der Waals surface area contributed by atoms with Crippen LogP contribution in [-0.2, 0) is 0 Å². The van der Waals surface area contributed by atoms with Gasteiger partial charge in [0, 0.05) is 45.4 Å². The lowest BCUT2D eigenvalue weighted by Gasteiger charge is -2.40. The van der Waals surface area contributed by atoms with Crippen LogP contribution in [0, 0.1) is 5.82 Å². The Labute approximate surface area is 145 Å². The van der Waals surface area contributed by atoms with Gasteiger partial charge in [0.2, 0.25) is 0 Å². The zero-order valence-corrected chi connectivity index (χ0v) is 14.8. The van der Waals surface area contributed by atoms with Crippen LogP contribution in [0.25, 0.3) is 6.08 Å². The van der Waals surface area contributed by atoms with E-state index in [0.717, 1.165) is 44.7 Å². The second-order valence-electron chi connectivity index (χ2n) is 6.66. The van der Waals surface area contributed by atoms with Gasteiger partial charge in [-0.15, -0.1) is 0 Å². The maximum absolute atomic E-state index is 12.9. The molecule has 1 N–H and O–H groups in total. The third kappa shape index (κ3) is 6.19. The first-order valence-corrected chi connectivity index (χ1v) is 8.71. The molecule has 4 heteroatoms. The summed E-state index contributed by atoms with van der Waals surface area (Å²) in [5.41, 5.74) is 2.35. The zero-order chi connectivity index (χ0) is 17.4. The molecule has 2 rings (SSSR count). The van der Waals surface area contributed by atoms with Gasteiger partial charge in [0.05, 0.1) is 0 Å². The summed E-state index contributed by atoms with van der Waals surface area (Å²) in [6, 6.07) is 6.95. The van der Waals surface area contributed by atoms with Gasteiger partial charge in [-0.3, -0.25) is 9.80 Å². The molecule has 1 aliphatic rings. The molecule has 1 heterocycles. The standard InChI is InChI=1S/C20H29FN2O/c1-17(2)9-12-23-14-13-22(16-20(23)10-15-24)11-3-4-18-5-7-19(21)8-6-18/h3-9,20,24H,10-16H2,1-2H3/b4-3+. The van der Waals surface area contributed by atoms with Gasteiger partial charge in [-0.2, -0.15) is 0 Å². The van der Waals surface area contributed by atoms with Gasteiger partial charge in [-0.05, 0) is 38.0 Å². The van der Waals surface area contributed by atoms with Crippen molar-refractivity contribution >= 4 is 6.08 Å². The van der Waals surface area contributed by atoms with Crippen molar-refractivity contribution in [2.45, 2.75) is 26.3 Å². The molecular weight excluding hydrogens is 303 g/mol. The highest BCUT2D eigenvalue weighted by Gasteiger charge is 2.25. The monoisotopic (exact) mass is 332 g/mol. The van der Waals surface area contributed by atoms with Crippen LogP contribution in [0.3, 0.4) is 0 Å². The molecule has 0 saturated carbocycles. The van der Waals surface area contributed by atoms with Gasteiger partial charge in [-0.1, -0.05) is 35.9 Å². The summed E-state index contributed by atoms with van der Waals surface area (Å²) in [7, 11) is 0. The summed E-state index contributed by atoms with van der Waals surface area (Å²) in [5.74, 6) is -0.202. The molecule has 0 aliphatic carbocycles. The summed E-state index contributed by atoms with van der Waals surface area (Å²) in [6.45, 7) is 9.36. The number of aliphatic hydroxyl groups is 1. The molecule has 1 unspecified atom stereocenters. The van der Waals surface area contributed by atoms with E-state index in [9.17, 15) is 9.50 Å². The maximum atomic E-state index is 12.9. The molecule has 1 aliphatic heterocycles. The average Bonchev–Trinajstić information content (AvgIpc) is 2.56. The van der Waals surface area contributed by atoms with E-state index in [-0.39, 0.29) is 12.4 Å². The lowest BCUT2D eigenvalue weighted by Crippen LogP contribution is -2.53. The molecule has 1 fully saturated rings. The number of aliphatic hydroxyl groups excluding tert-OH is 1. The number of hydrogen-bond acceptors (Lipinski definition) is 3. The lowest BCUT2D eigenvalue weighted by molar-refractivity contribution is 0.0743. The Hall–Kier alpha value is -1.49.